The Morgan fingerprint density at radius 1 is 1.12 bits per heavy atom. The van der Waals surface area contributed by atoms with E-state index in [4.69, 9.17) is 6.42 Å². The van der Waals surface area contributed by atoms with Crippen molar-refractivity contribution in [2.75, 3.05) is 25.5 Å². The molecule has 0 radical (unpaired) electrons. The summed E-state index contributed by atoms with van der Waals surface area (Å²) >= 11 is 0. The molecule has 0 saturated heterocycles. The molecule has 0 bridgehead atoms. The van der Waals surface area contributed by atoms with Crippen LogP contribution in [0.25, 0.3) is 0 Å². The summed E-state index contributed by atoms with van der Waals surface area (Å²) in [6.07, 6.45) is 6.91. The Morgan fingerprint density at radius 2 is 1.67 bits per heavy atom. The topological polar surface area (TPSA) is 62.6 Å². The van der Waals surface area contributed by atoms with Crippen molar-refractivity contribution in [1.82, 2.24) is 5.32 Å². The number of amides is 2. The first-order valence-electron chi connectivity index (χ1n) is 8.30. The SMILES string of the molecule is C#CC(CC)(CC)NC(=O)C[NH+](C)CC(=O)Nc1ccc(C)cc1. The summed E-state index contributed by atoms with van der Waals surface area (Å²) in [5.74, 6) is 2.41. The second-order valence-corrected chi connectivity index (χ2v) is 6.21. The molecule has 0 aliphatic rings. The van der Waals surface area contributed by atoms with E-state index in [1.165, 1.54) is 0 Å². The standard InChI is InChI=1S/C19H27N3O2/c1-6-19(7-2,8-3)21-18(24)14-22(5)13-17(23)20-16-11-9-15(4)10-12-16/h1,9-12H,7-8,13-14H2,2-5H3,(H,20,23)(H,21,24)/p+1. The molecule has 0 fully saturated rings. The van der Waals surface area contributed by atoms with Crippen molar-refractivity contribution in [3.8, 4) is 12.3 Å². The van der Waals surface area contributed by atoms with Gasteiger partial charge in [0.1, 0.15) is 5.54 Å². The Kier molecular flexibility index (Phi) is 7.47. The van der Waals surface area contributed by atoms with Crippen LogP contribution in [0.5, 0.6) is 0 Å². The van der Waals surface area contributed by atoms with Crippen LogP contribution < -0.4 is 15.5 Å². The van der Waals surface area contributed by atoms with E-state index < -0.39 is 5.54 Å². The number of nitrogens with one attached hydrogen (secondary N) is 3. The van der Waals surface area contributed by atoms with Gasteiger partial charge in [-0.25, -0.2) is 0 Å². The Morgan fingerprint density at radius 3 is 2.17 bits per heavy atom. The van der Waals surface area contributed by atoms with Gasteiger partial charge in [-0.15, -0.1) is 6.42 Å². The summed E-state index contributed by atoms with van der Waals surface area (Å²) in [5, 5.41) is 5.74. The second-order valence-electron chi connectivity index (χ2n) is 6.21. The zero-order chi connectivity index (χ0) is 18.2. The molecule has 5 nitrogen and oxygen atoms in total. The van der Waals surface area contributed by atoms with Gasteiger partial charge >= 0.3 is 0 Å². The van der Waals surface area contributed by atoms with Crippen LogP contribution in [-0.4, -0.2) is 37.5 Å². The number of likely N-dealkylation sites (N-methyl/N-ethyl adjacent to an activating group) is 1. The van der Waals surface area contributed by atoms with Crippen molar-refractivity contribution in [1.29, 1.82) is 0 Å². The molecule has 24 heavy (non-hydrogen) atoms. The predicted molar refractivity (Wildman–Crippen MR) is 96.7 cm³/mol. The van der Waals surface area contributed by atoms with Crippen LogP contribution in [0.15, 0.2) is 24.3 Å². The van der Waals surface area contributed by atoms with Gasteiger partial charge in [-0.2, -0.15) is 0 Å². The van der Waals surface area contributed by atoms with E-state index in [9.17, 15) is 9.59 Å². The van der Waals surface area contributed by atoms with Gasteiger partial charge in [-0.05, 0) is 31.9 Å². The van der Waals surface area contributed by atoms with Crippen molar-refractivity contribution in [2.24, 2.45) is 0 Å². The highest BCUT2D eigenvalue weighted by Crippen LogP contribution is 2.12. The molecule has 1 aromatic carbocycles. The van der Waals surface area contributed by atoms with Gasteiger partial charge < -0.3 is 15.5 Å². The number of benzene rings is 1. The molecule has 1 aromatic rings. The van der Waals surface area contributed by atoms with Crippen LogP contribution in [0, 0.1) is 19.3 Å². The van der Waals surface area contributed by atoms with E-state index in [1.54, 1.807) is 0 Å². The number of rotatable bonds is 8. The number of hydrogen-bond donors (Lipinski definition) is 3. The van der Waals surface area contributed by atoms with E-state index in [1.807, 2.05) is 52.1 Å². The molecule has 1 rings (SSSR count). The highest BCUT2D eigenvalue weighted by molar-refractivity contribution is 5.91. The highest BCUT2D eigenvalue weighted by atomic mass is 16.2. The molecule has 1 atom stereocenters. The van der Waals surface area contributed by atoms with Crippen molar-refractivity contribution in [3.63, 3.8) is 0 Å². The lowest BCUT2D eigenvalue weighted by Gasteiger charge is -2.27. The molecule has 2 amide bonds. The van der Waals surface area contributed by atoms with Gasteiger partial charge in [0.15, 0.2) is 13.1 Å². The third-order valence-corrected chi connectivity index (χ3v) is 4.12. The monoisotopic (exact) mass is 330 g/mol. The average molecular weight is 330 g/mol. The quantitative estimate of drug-likeness (QED) is 0.616. The van der Waals surface area contributed by atoms with Crippen molar-refractivity contribution in [2.45, 2.75) is 39.2 Å². The van der Waals surface area contributed by atoms with Gasteiger partial charge in [0.25, 0.3) is 11.8 Å². The maximum Gasteiger partial charge on any atom is 0.279 e. The lowest BCUT2D eigenvalue weighted by molar-refractivity contribution is -0.862. The lowest BCUT2D eigenvalue weighted by atomic mass is 9.94. The molecule has 5 heteroatoms. The Labute approximate surface area is 144 Å². The molecular formula is C19H28N3O2+. The summed E-state index contributed by atoms with van der Waals surface area (Å²) in [5.41, 5.74) is 1.30. The van der Waals surface area contributed by atoms with Crippen molar-refractivity contribution in [3.05, 3.63) is 29.8 Å². The zero-order valence-electron chi connectivity index (χ0n) is 15.0. The van der Waals surface area contributed by atoms with Crippen LogP contribution in [0.2, 0.25) is 0 Å². The van der Waals surface area contributed by atoms with E-state index >= 15 is 0 Å². The first kappa shape index (κ1) is 19.7. The van der Waals surface area contributed by atoms with Crippen LogP contribution in [-0.2, 0) is 9.59 Å². The normalized spacial score (nSPS) is 12.1. The van der Waals surface area contributed by atoms with Gasteiger partial charge in [0.2, 0.25) is 0 Å². The maximum atomic E-state index is 12.2. The minimum atomic E-state index is -0.596. The fourth-order valence-corrected chi connectivity index (χ4v) is 2.43. The van der Waals surface area contributed by atoms with Crippen LogP contribution in [0.3, 0.4) is 0 Å². The lowest BCUT2D eigenvalue weighted by Crippen LogP contribution is -3.11. The second kappa shape index (κ2) is 9.09. The largest absolute Gasteiger partial charge is 0.335 e. The predicted octanol–water partition coefficient (Wildman–Crippen LogP) is 0.756. The third kappa shape index (κ3) is 6.05. The minimum absolute atomic E-state index is 0.127. The smallest absolute Gasteiger partial charge is 0.279 e. The number of carbonyl (C=O) groups excluding carboxylic acids is 2. The molecule has 0 aliphatic heterocycles. The average Bonchev–Trinajstić information content (AvgIpc) is 2.54. The van der Waals surface area contributed by atoms with E-state index in [-0.39, 0.29) is 24.9 Å². The van der Waals surface area contributed by atoms with Gasteiger partial charge in [-0.3, -0.25) is 9.59 Å². The Bertz CT molecular complexity index is 598. The van der Waals surface area contributed by atoms with Gasteiger partial charge in [0.05, 0.1) is 7.05 Å². The van der Waals surface area contributed by atoms with Gasteiger partial charge in [-0.1, -0.05) is 37.5 Å². The highest BCUT2D eigenvalue weighted by Gasteiger charge is 2.26. The first-order chi connectivity index (χ1) is 11.3. The molecule has 1 unspecified atom stereocenters. The summed E-state index contributed by atoms with van der Waals surface area (Å²) in [4.78, 5) is 25.0. The molecule has 0 aliphatic carbocycles. The molecular weight excluding hydrogens is 302 g/mol. The summed E-state index contributed by atoms with van der Waals surface area (Å²) in [6.45, 7) is 6.31. The van der Waals surface area contributed by atoms with E-state index in [0.29, 0.717) is 12.8 Å². The van der Waals surface area contributed by atoms with Crippen LogP contribution in [0.4, 0.5) is 5.69 Å². The maximum absolute atomic E-state index is 12.2. The number of quaternary nitrogens is 1. The van der Waals surface area contributed by atoms with Crippen LogP contribution in [0.1, 0.15) is 32.3 Å². The van der Waals surface area contributed by atoms with Crippen molar-refractivity contribution >= 4 is 17.5 Å². The molecule has 3 N–H and O–H groups in total. The Hall–Kier alpha value is -2.32. The fourth-order valence-electron chi connectivity index (χ4n) is 2.43. The number of aryl methyl sites for hydroxylation is 1. The molecule has 130 valence electrons. The van der Waals surface area contributed by atoms with Gasteiger partial charge in [0, 0.05) is 5.69 Å². The van der Waals surface area contributed by atoms with E-state index in [2.05, 4.69) is 16.6 Å². The molecule has 0 heterocycles. The summed E-state index contributed by atoms with van der Waals surface area (Å²) in [7, 11) is 1.81. The van der Waals surface area contributed by atoms with Crippen molar-refractivity contribution < 1.29 is 14.5 Å². The molecule has 0 aromatic heterocycles. The molecule has 0 spiro atoms. The Balaban J connectivity index is 2.48. The third-order valence-electron chi connectivity index (χ3n) is 4.12. The summed E-state index contributed by atoms with van der Waals surface area (Å²) in [6, 6.07) is 7.60. The first-order valence-corrected chi connectivity index (χ1v) is 8.30. The molecule has 0 saturated carbocycles. The number of terminal acetylenes is 1. The zero-order valence-corrected chi connectivity index (χ0v) is 15.0. The number of hydrogen-bond acceptors (Lipinski definition) is 2. The summed E-state index contributed by atoms with van der Waals surface area (Å²) < 4.78 is 0. The van der Waals surface area contributed by atoms with Crippen LogP contribution >= 0.6 is 0 Å². The fraction of sp³-hybridized carbons (Fsp3) is 0.474. The minimum Gasteiger partial charge on any atom is -0.335 e. The number of carbonyl (C=O) groups is 2. The van der Waals surface area contributed by atoms with E-state index in [0.717, 1.165) is 16.2 Å². The number of anilines is 1.